The van der Waals surface area contributed by atoms with E-state index in [0.29, 0.717) is 26.7 Å². The highest BCUT2D eigenvalue weighted by molar-refractivity contribution is 6.80. The number of hydrogen-bond donors (Lipinski definition) is 1. The highest BCUT2D eigenvalue weighted by Gasteiger charge is 2.30. The average Bonchev–Trinajstić information content (AvgIpc) is 2.68. The van der Waals surface area contributed by atoms with Crippen LogP contribution in [0.1, 0.15) is 10.5 Å². The molecule has 9 heteroatoms. The summed E-state index contributed by atoms with van der Waals surface area (Å²) >= 11 is 12.2. The van der Waals surface area contributed by atoms with Crippen LogP contribution in [0.5, 0.6) is 11.5 Å². The lowest BCUT2D eigenvalue weighted by atomic mass is 9.55. The third-order valence-electron chi connectivity index (χ3n) is 3.83. The van der Waals surface area contributed by atoms with Crippen molar-refractivity contribution >= 4 is 47.0 Å². The first-order valence-electron chi connectivity index (χ1n) is 8.10. The van der Waals surface area contributed by atoms with Gasteiger partial charge in [0.25, 0.3) is 0 Å². The molecule has 1 aromatic heterocycles. The largest absolute Gasteiger partial charge is 0.505 e. The van der Waals surface area contributed by atoms with Gasteiger partial charge in [-0.1, -0.05) is 35.3 Å². The molecule has 1 N–H and O–H groups in total. The van der Waals surface area contributed by atoms with Crippen LogP contribution < -0.4 is 15.7 Å². The molecule has 2 aromatic carbocycles. The van der Waals surface area contributed by atoms with Gasteiger partial charge in [0.2, 0.25) is 0 Å². The second kappa shape index (κ2) is 8.97. The number of carbonyl (C=O) groups is 1. The summed E-state index contributed by atoms with van der Waals surface area (Å²) in [6.45, 7) is -0.887. The lowest BCUT2D eigenvalue weighted by Crippen LogP contribution is -2.46. The molecule has 0 aliphatic heterocycles. The highest BCUT2D eigenvalue weighted by atomic mass is 35.5. The minimum absolute atomic E-state index is 0.273. The van der Waals surface area contributed by atoms with Crippen LogP contribution >= 0.6 is 23.2 Å². The van der Waals surface area contributed by atoms with Crippen LogP contribution in [0, 0.1) is 0 Å². The number of pyridine rings is 1. The van der Waals surface area contributed by atoms with E-state index in [2.05, 4.69) is 4.98 Å². The maximum absolute atomic E-state index is 12.3. The molecule has 0 unspecified atom stereocenters. The molecule has 0 saturated carbocycles. The second-order valence-electron chi connectivity index (χ2n) is 5.66. The molecule has 0 saturated heterocycles. The van der Waals surface area contributed by atoms with Crippen molar-refractivity contribution in [2.24, 2.45) is 0 Å². The van der Waals surface area contributed by atoms with Crippen molar-refractivity contribution in [2.75, 3.05) is 7.11 Å². The van der Waals surface area contributed by atoms with E-state index in [4.69, 9.17) is 37.6 Å². The van der Waals surface area contributed by atoms with Gasteiger partial charge in [-0.25, -0.2) is 14.6 Å². The molecule has 0 fully saturated rings. The van der Waals surface area contributed by atoms with E-state index in [1.165, 1.54) is 25.4 Å². The number of aromatic hydroxyl groups is 1. The number of methoxy groups -OCH3 is 1. The Morgan fingerprint density at radius 3 is 2.57 bits per heavy atom. The lowest BCUT2D eigenvalue weighted by Gasteiger charge is -2.17. The number of benzene rings is 2. The molecular weight excluding hydrogens is 404 g/mol. The third kappa shape index (κ3) is 4.56. The molecule has 3 rings (SSSR count). The SMILES string of the molecule is COc1ccc(Cl)cc1B(OOC(=O)c1ncccc1O)c1cccc(Cl)c1. The Balaban J connectivity index is 1.95. The number of hydrogen-bond acceptors (Lipinski definition) is 6. The fraction of sp³-hybridized carbons (Fsp3) is 0.0526. The van der Waals surface area contributed by atoms with Crippen LogP contribution in [0.15, 0.2) is 60.8 Å². The average molecular weight is 418 g/mol. The van der Waals surface area contributed by atoms with Crippen molar-refractivity contribution < 1.29 is 24.3 Å². The molecule has 6 nitrogen and oxygen atoms in total. The molecule has 0 aliphatic carbocycles. The first-order valence-corrected chi connectivity index (χ1v) is 8.85. The Kier molecular flexibility index (Phi) is 6.41. The number of ether oxygens (including phenoxy) is 1. The summed E-state index contributed by atoms with van der Waals surface area (Å²) < 4.78 is 5.38. The van der Waals surface area contributed by atoms with Gasteiger partial charge < -0.3 is 14.7 Å². The van der Waals surface area contributed by atoms with Crippen LogP contribution in [-0.4, -0.2) is 30.1 Å². The van der Waals surface area contributed by atoms with E-state index in [-0.39, 0.29) is 11.4 Å². The Morgan fingerprint density at radius 2 is 1.86 bits per heavy atom. The molecule has 3 aromatic rings. The van der Waals surface area contributed by atoms with Gasteiger partial charge in [0.05, 0.1) is 7.11 Å². The normalized spacial score (nSPS) is 10.4. The predicted molar refractivity (Wildman–Crippen MR) is 107 cm³/mol. The minimum Gasteiger partial charge on any atom is -0.505 e. The molecule has 0 aliphatic rings. The van der Waals surface area contributed by atoms with E-state index >= 15 is 0 Å². The van der Waals surface area contributed by atoms with Gasteiger partial charge in [-0.05, 0) is 47.9 Å². The molecule has 0 amide bonds. The van der Waals surface area contributed by atoms with E-state index in [9.17, 15) is 9.90 Å². The van der Waals surface area contributed by atoms with E-state index < -0.39 is 12.9 Å². The monoisotopic (exact) mass is 417 g/mol. The minimum atomic E-state index is -0.953. The summed E-state index contributed by atoms with van der Waals surface area (Å²) in [5, 5.41) is 10.7. The Morgan fingerprint density at radius 1 is 1.07 bits per heavy atom. The maximum atomic E-state index is 12.3. The van der Waals surface area contributed by atoms with Gasteiger partial charge in [0, 0.05) is 21.7 Å². The topological polar surface area (TPSA) is 77.9 Å². The first kappa shape index (κ1) is 20.0. The summed E-state index contributed by atoms with van der Waals surface area (Å²) in [6, 6.07) is 14.6. The summed E-state index contributed by atoms with van der Waals surface area (Å²) in [6.07, 6.45) is 1.35. The summed E-state index contributed by atoms with van der Waals surface area (Å²) in [5.41, 5.74) is 0.854. The molecule has 0 bridgehead atoms. The van der Waals surface area contributed by atoms with Crippen molar-refractivity contribution in [3.05, 3.63) is 76.5 Å². The van der Waals surface area contributed by atoms with Crippen molar-refractivity contribution in [2.45, 2.75) is 0 Å². The van der Waals surface area contributed by atoms with Crippen LogP contribution in [0.3, 0.4) is 0 Å². The molecule has 0 spiro atoms. The summed E-state index contributed by atoms with van der Waals surface area (Å²) in [5.74, 6) is -0.798. The van der Waals surface area contributed by atoms with Crippen molar-refractivity contribution in [3.63, 3.8) is 0 Å². The quantitative estimate of drug-likeness (QED) is 0.377. The Labute approximate surface area is 171 Å². The second-order valence-corrected chi connectivity index (χ2v) is 6.53. The van der Waals surface area contributed by atoms with Crippen molar-refractivity contribution in [3.8, 4) is 11.5 Å². The van der Waals surface area contributed by atoms with Crippen LogP contribution in [0.25, 0.3) is 0 Å². The van der Waals surface area contributed by atoms with Crippen molar-refractivity contribution in [1.29, 1.82) is 0 Å². The Hall–Kier alpha value is -2.74. The molecular formula is C19H14BCl2NO5. The van der Waals surface area contributed by atoms with Crippen LogP contribution in [0.2, 0.25) is 10.0 Å². The summed E-state index contributed by atoms with van der Waals surface area (Å²) in [7, 11) is 1.50. The van der Waals surface area contributed by atoms with E-state index in [0.717, 1.165) is 0 Å². The number of carbonyl (C=O) groups excluding carboxylic acids is 1. The molecule has 1 heterocycles. The molecule has 0 atom stereocenters. The van der Waals surface area contributed by atoms with Crippen LogP contribution in [0.4, 0.5) is 0 Å². The first-order chi connectivity index (χ1) is 13.5. The fourth-order valence-electron chi connectivity index (χ4n) is 2.55. The maximum Gasteiger partial charge on any atom is 0.425 e. The van der Waals surface area contributed by atoms with E-state index in [1.807, 2.05) is 0 Å². The van der Waals surface area contributed by atoms with E-state index in [1.54, 1.807) is 42.5 Å². The zero-order chi connectivity index (χ0) is 20.1. The number of halogens is 2. The molecule has 28 heavy (non-hydrogen) atoms. The number of nitrogens with zero attached hydrogens (tertiary/aromatic N) is 1. The highest BCUT2D eigenvalue weighted by Crippen LogP contribution is 2.17. The van der Waals surface area contributed by atoms with Gasteiger partial charge in [0.15, 0.2) is 5.69 Å². The number of aromatic nitrogens is 1. The molecule has 0 radical (unpaired) electrons. The molecule has 142 valence electrons. The smallest absolute Gasteiger partial charge is 0.425 e. The number of rotatable bonds is 6. The summed E-state index contributed by atoms with van der Waals surface area (Å²) in [4.78, 5) is 26.5. The van der Waals surface area contributed by atoms with Gasteiger partial charge >= 0.3 is 12.9 Å². The zero-order valence-corrected chi connectivity index (χ0v) is 16.1. The van der Waals surface area contributed by atoms with Crippen molar-refractivity contribution in [1.82, 2.24) is 4.98 Å². The zero-order valence-electron chi connectivity index (χ0n) is 14.6. The van der Waals surface area contributed by atoms with Crippen LogP contribution in [-0.2, 0) is 9.69 Å². The van der Waals surface area contributed by atoms with Gasteiger partial charge in [-0.15, -0.1) is 0 Å². The van der Waals surface area contributed by atoms with Gasteiger partial charge in [-0.3, -0.25) is 0 Å². The third-order valence-corrected chi connectivity index (χ3v) is 4.30. The standard InChI is InChI=1S/C19H14BCl2NO5/c1-26-17-8-7-14(22)11-15(17)20(12-4-2-5-13(21)10-12)28-27-19(25)18-16(24)6-3-9-23-18/h2-11,24H,1H3. The van der Waals surface area contributed by atoms with Gasteiger partial charge in [-0.2, -0.15) is 0 Å². The fourth-order valence-corrected chi connectivity index (χ4v) is 2.93. The van der Waals surface area contributed by atoms with Gasteiger partial charge in [0.1, 0.15) is 11.5 Å². The lowest BCUT2D eigenvalue weighted by molar-refractivity contribution is -0.152. The Bertz CT molecular complexity index is 1000. The predicted octanol–water partition coefficient (Wildman–Crippen LogP) is 3.00.